The van der Waals surface area contributed by atoms with Crippen LogP contribution in [0.2, 0.25) is 0 Å². The summed E-state index contributed by atoms with van der Waals surface area (Å²) in [4.78, 5) is 24.9. The fourth-order valence-electron chi connectivity index (χ4n) is 2.31. The molecule has 1 atom stereocenters. The maximum absolute atomic E-state index is 12.0. The number of hydrogen-bond acceptors (Lipinski definition) is 3. The first kappa shape index (κ1) is 13.4. The third-order valence-electron chi connectivity index (χ3n) is 3.60. The van der Waals surface area contributed by atoms with E-state index in [0.717, 1.165) is 12.0 Å². The van der Waals surface area contributed by atoms with E-state index in [-0.39, 0.29) is 6.61 Å². The van der Waals surface area contributed by atoms with Gasteiger partial charge in [-0.1, -0.05) is 30.3 Å². The van der Waals surface area contributed by atoms with Gasteiger partial charge in [0, 0.05) is 6.54 Å². The highest BCUT2D eigenvalue weighted by atomic mass is 16.6. The Kier molecular flexibility index (Phi) is 3.74. The van der Waals surface area contributed by atoms with Gasteiger partial charge in [-0.25, -0.2) is 4.79 Å². The minimum atomic E-state index is -0.923. The molecule has 102 valence electrons. The van der Waals surface area contributed by atoms with Crippen LogP contribution < -0.4 is 5.73 Å². The number of nitrogens with zero attached hydrogens (tertiary/aromatic N) is 1. The van der Waals surface area contributed by atoms with E-state index in [4.69, 9.17) is 10.5 Å². The summed E-state index contributed by atoms with van der Waals surface area (Å²) >= 11 is 0. The maximum Gasteiger partial charge on any atom is 0.410 e. The summed E-state index contributed by atoms with van der Waals surface area (Å²) in [5.74, 6) is -0.485. The molecule has 1 aromatic carbocycles. The molecule has 5 nitrogen and oxygen atoms in total. The van der Waals surface area contributed by atoms with Gasteiger partial charge >= 0.3 is 6.09 Å². The quantitative estimate of drug-likeness (QED) is 0.900. The van der Waals surface area contributed by atoms with E-state index >= 15 is 0 Å². The normalized spacial score (nSPS) is 22.3. The van der Waals surface area contributed by atoms with Crippen molar-refractivity contribution >= 4 is 12.0 Å². The molecule has 1 aromatic rings. The van der Waals surface area contributed by atoms with Crippen LogP contribution in [0.25, 0.3) is 0 Å². The van der Waals surface area contributed by atoms with Gasteiger partial charge in [-0.05, 0) is 25.3 Å². The highest BCUT2D eigenvalue weighted by Crippen LogP contribution is 2.29. The van der Waals surface area contributed by atoms with Crippen molar-refractivity contribution in [1.82, 2.24) is 4.90 Å². The third-order valence-corrected chi connectivity index (χ3v) is 3.60. The topological polar surface area (TPSA) is 72.6 Å². The second-order valence-electron chi connectivity index (χ2n) is 4.93. The summed E-state index contributed by atoms with van der Waals surface area (Å²) in [6.45, 7) is 2.39. The van der Waals surface area contributed by atoms with Crippen LogP contribution in [0.15, 0.2) is 30.3 Å². The van der Waals surface area contributed by atoms with Gasteiger partial charge in [-0.15, -0.1) is 0 Å². The van der Waals surface area contributed by atoms with E-state index in [1.165, 1.54) is 4.90 Å². The predicted molar refractivity (Wildman–Crippen MR) is 70.2 cm³/mol. The molecule has 2 N–H and O–H groups in total. The summed E-state index contributed by atoms with van der Waals surface area (Å²) in [7, 11) is 0. The molecule has 0 bridgehead atoms. The van der Waals surface area contributed by atoms with E-state index in [2.05, 4.69) is 0 Å². The molecule has 0 saturated carbocycles. The first-order chi connectivity index (χ1) is 9.04. The maximum atomic E-state index is 12.0. The Hall–Kier alpha value is -2.04. The molecule has 1 fully saturated rings. The van der Waals surface area contributed by atoms with Crippen molar-refractivity contribution in [2.24, 2.45) is 5.73 Å². The molecule has 0 aliphatic carbocycles. The standard InChI is InChI=1S/C14H18N2O3/c1-14(12(15)17)8-5-9-16(14)13(18)19-10-11-6-3-2-4-7-11/h2-4,6-7H,5,8-10H2,1H3,(H2,15,17)/t14-/m1/s1. The number of nitrogens with two attached hydrogens (primary N) is 1. The number of hydrogen-bond donors (Lipinski definition) is 1. The zero-order valence-electron chi connectivity index (χ0n) is 11.0. The Labute approximate surface area is 112 Å². The Balaban J connectivity index is 1.98. The van der Waals surface area contributed by atoms with Gasteiger partial charge in [0.15, 0.2) is 0 Å². The largest absolute Gasteiger partial charge is 0.445 e. The van der Waals surface area contributed by atoms with E-state index in [1.54, 1.807) is 6.92 Å². The van der Waals surface area contributed by atoms with Gasteiger partial charge in [0.1, 0.15) is 12.1 Å². The van der Waals surface area contributed by atoms with Crippen LogP contribution in [-0.4, -0.2) is 29.0 Å². The Morgan fingerprint density at radius 2 is 2.05 bits per heavy atom. The van der Waals surface area contributed by atoms with E-state index < -0.39 is 17.5 Å². The average molecular weight is 262 g/mol. The lowest BCUT2D eigenvalue weighted by Gasteiger charge is -2.31. The number of likely N-dealkylation sites (tertiary alicyclic amines) is 1. The van der Waals surface area contributed by atoms with Crippen LogP contribution in [0.4, 0.5) is 4.79 Å². The van der Waals surface area contributed by atoms with Crippen molar-refractivity contribution in [3.63, 3.8) is 0 Å². The number of primary amides is 1. The van der Waals surface area contributed by atoms with Crippen LogP contribution in [0.5, 0.6) is 0 Å². The summed E-state index contributed by atoms with van der Waals surface area (Å²) in [5, 5.41) is 0. The molecule has 1 aliphatic rings. The first-order valence-corrected chi connectivity index (χ1v) is 6.32. The Morgan fingerprint density at radius 3 is 2.68 bits per heavy atom. The van der Waals surface area contributed by atoms with Crippen LogP contribution in [0, 0.1) is 0 Å². The van der Waals surface area contributed by atoms with Gasteiger partial charge in [0.05, 0.1) is 0 Å². The van der Waals surface area contributed by atoms with Crippen LogP contribution in [0.3, 0.4) is 0 Å². The average Bonchev–Trinajstić information content (AvgIpc) is 2.81. The predicted octanol–water partition coefficient (Wildman–Crippen LogP) is 1.66. The number of carbonyl (C=O) groups excluding carboxylic acids is 2. The molecule has 1 aliphatic heterocycles. The number of ether oxygens (including phenoxy) is 1. The second-order valence-corrected chi connectivity index (χ2v) is 4.93. The fourth-order valence-corrected chi connectivity index (χ4v) is 2.31. The third kappa shape index (κ3) is 2.70. The molecule has 0 spiro atoms. The highest BCUT2D eigenvalue weighted by molar-refractivity contribution is 5.88. The van der Waals surface area contributed by atoms with Crippen molar-refractivity contribution < 1.29 is 14.3 Å². The van der Waals surface area contributed by atoms with Gasteiger partial charge in [0.25, 0.3) is 0 Å². The van der Waals surface area contributed by atoms with Crippen molar-refractivity contribution in [2.75, 3.05) is 6.54 Å². The highest BCUT2D eigenvalue weighted by Gasteiger charge is 2.45. The summed E-state index contributed by atoms with van der Waals surface area (Å²) in [5.41, 5.74) is 5.37. The summed E-state index contributed by atoms with van der Waals surface area (Å²) < 4.78 is 5.24. The number of benzene rings is 1. The number of carbonyl (C=O) groups is 2. The molecule has 5 heteroatoms. The second kappa shape index (κ2) is 5.30. The molecule has 19 heavy (non-hydrogen) atoms. The molecule has 0 aromatic heterocycles. The molecule has 0 radical (unpaired) electrons. The van der Waals surface area contributed by atoms with Gasteiger partial charge in [-0.3, -0.25) is 9.69 Å². The lowest BCUT2D eigenvalue weighted by Crippen LogP contribution is -2.53. The monoisotopic (exact) mass is 262 g/mol. The van der Waals surface area contributed by atoms with Crippen LogP contribution >= 0.6 is 0 Å². The summed E-state index contributed by atoms with van der Waals surface area (Å²) in [6.07, 6.45) is 0.866. The first-order valence-electron chi connectivity index (χ1n) is 6.32. The van der Waals surface area contributed by atoms with Crippen LogP contribution in [0.1, 0.15) is 25.3 Å². The molecule has 1 saturated heterocycles. The molecule has 2 amide bonds. The Bertz CT molecular complexity index is 475. The van der Waals surface area contributed by atoms with Gasteiger partial charge < -0.3 is 10.5 Å². The fraction of sp³-hybridized carbons (Fsp3) is 0.429. The molecule has 0 unspecified atom stereocenters. The van der Waals surface area contributed by atoms with E-state index in [0.29, 0.717) is 13.0 Å². The van der Waals surface area contributed by atoms with Crippen LogP contribution in [-0.2, 0) is 16.1 Å². The molecule has 1 heterocycles. The summed E-state index contributed by atoms with van der Waals surface area (Å²) in [6, 6.07) is 9.42. The smallest absolute Gasteiger partial charge is 0.410 e. The van der Waals surface area contributed by atoms with Gasteiger partial charge in [0.2, 0.25) is 5.91 Å². The van der Waals surface area contributed by atoms with Crippen molar-refractivity contribution in [2.45, 2.75) is 31.9 Å². The molecule has 2 rings (SSSR count). The van der Waals surface area contributed by atoms with Crippen molar-refractivity contribution in [3.05, 3.63) is 35.9 Å². The SMILES string of the molecule is C[C@]1(C(N)=O)CCCN1C(=O)OCc1ccccc1. The lowest BCUT2D eigenvalue weighted by atomic mass is 9.99. The van der Waals surface area contributed by atoms with Crippen molar-refractivity contribution in [3.8, 4) is 0 Å². The molecular weight excluding hydrogens is 244 g/mol. The minimum absolute atomic E-state index is 0.199. The number of amides is 2. The van der Waals surface area contributed by atoms with Crippen molar-refractivity contribution in [1.29, 1.82) is 0 Å². The van der Waals surface area contributed by atoms with E-state index in [1.807, 2.05) is 30.3 Å². The van der Waals surface area contributed by atoms with Gasteiger partial charge in [-0.2, -0.15) is 0 Å². The zero-order chi connectivity index (χ0) is 13.9. The lowest BCUT2D eigenvalue weighted by molar-refractivity contribution is -0.127. The zero-order valence-corrected chi connectivity index (χ0v) is 11.0. The minimum Gasteiger partial charge on any atom is -0.445 e. The Morgan fingerprint density at radius 1 is 1.37 bits per heavy atom. The molecular formula is C14H18N2O3. The van der Waals surface area contributed by atoms with E-state index in [9.17, 15) is 9.59 Å². The number of rotatable bonds is 3.